The Kier molecular flexibility index (Phi) is 4.45. The van der Waals surface area contributed by atoms with E-state index in [1.807, 2.05) is 6.92 Å². The second-order valence-corrected chi connectivity index (χ2v) is 6.55. The fraction of sp³-hybridized carbons (Fsp3) is 0.188. The maximum atomic E-state index is 12.5. The topological polar surface area (TPSA) is 72.7 Å². The third-order valence-electron chi connectivity index (χ3n) is 3.61. The number of thiazole rings is 1. The van der Waals surface area contributed by atoms with Crippen LogP contribution in [0.1, 0.15) is 20.9 Å². The van der Waals surface area contributed by atoms with Crippen LogP contribution in [-0.2, 0) is 0 Å². The number of benzene rings is 1. The molecule has 1 aromatic carbocycles. The van der Waals surface area contributed by atoms with Gasteiger partial charge in [-0.15, -0.1) is 24.5 Å². The molecule has 10 heteroatoms. The van der Waals surface area contributed by atoms with Crippen LogP contribution in [0.2, 0.25) is 0 Å². The molecule has 136 valence electrons. The van der Waals surface area contributed by atoms with Crippen molar-refractivity contribution in [1.82, 2.24) is 9.38 Å². The van der Waals surface area contributed by atoms with Crippen molar-refractivity contribution < 1.29 is 22.7 Å². The molecule has 0 radical (unpaired) electrons. The molecule has 0 saturated carbocycles. The zero-order valence-corrected chi connectivity index (χ0v) is 14.4. The number of rotatable bonds is 3. The van der Waals surface area contributed by atoms with Gasteiger partial charge in [-0.25, -0.2) is 4.98 Å². The average molecular weight is 383 g/mol. The minimum Gasteiger partial charge on any atom is -0.406 e. The first-order valence-corrected chi connectivity index (χ1v) is 8.12. The molecule has 26 heavy (non-hydrogen) atoms. The van der Waals surface area contributed by atoms with Crippen LogP contribution in [0.25, 0.3) is 4.96 Å². The van der Waals surface area contributed by atoms with Crippen LogP contribution in [-0.4, -0.2) is 21.7 Å². The van der Waals surface area contributed by atoms with Crippen molar-refractivity contribution >= 4 is 27.9 Å². The van der Waals surface area contributed by atoms with Crippen LogP contribution in [0.3, 0.4) is 0 Å². The SMILES string of the molecule is Cc1sc2ncc(C(=O)Nc3ccc(OC(F)(F)F)cc3)c(=O)n2c1C. The monoisotopic (exact) mass is 383 g/mol. The van der Waals surface area contributed by atoms with Crippen LogP contribution in [0, 0.1) is 13.8 Å². The van der Waals surface area contributed by atoms with Gasteiger partial charge >= 0.3 is 6.36 Å². The normalized spacial score (nSPS) is 11.6. The summed E-state index contributed by atoms with van der Waals surface area (Å²) >= 11 is 1.34. The molecular formula is C16H12F3N3O3S. The van der Waals surface area contributed by atoms with Crippen molar-refractivity contribution in [3.05, 3.63) is 57.0 Å². The molecule has 6 nitrogen and oxygen atoms in total. The Labute approximate surface area is 148 Å². The van der Waals surface area contributed by atoms with E-state index in [0.717, 1.165) is 17.0 Å². The summed E-state index contributed by atoms with van der Waals surface area (Å²) in [6.07, 6.45) is -3.61. The fourth-order valence-electron chi connectivity index (χ4n) is 2.27. The van der Waals surface area contributed by atoms with Crippen molar-refractivity contribution in [3.63, 3.8) is 0 Å². The number of aromatic nitrogens is 2. The lowest BCUT2D eigenvalue weighted by Gasteiger charge is -2.10. The number of anilines is 1. The number of nitrogens with one attached hydrogen (secondary N) is 1. The van der Waals surface area contributed by atoms with Crippen LogP contribution < -0.4 is 15.6 Å². The Morgan fingerprint density at radius 3 is 2.50 bits per heavy atom. The standard InChI is InChI=1S/C16H12F3N3O3S/c1-8-9(2)26-15-20-7-12(14(24)22(8)15)13(23)21-10-3-5-11(6-4-10)25-16(17,18)19/h3-7H,1-2H3,(H,21,23). The van der Waals surface area contributed by atoms with Crippen LogP contribution in [0.5, 0.6) is 5.75 Å². The molecule has 2 aromatic heterocycles. The van der Waals surface area contributed by atoms with E-state index in [1.165, 1.54) is 34.1 Å². The van der Waals surface area contributed by atoms with Crippen molar-refractivity contribution in [3.8, 4) is 5.75 Å². The molecule has 0 saturated heterocycles. The Hall–Kier alpha value is -2.88. The third kappa shape index (κ3) is 3.54. The zero-order valence-electron chi connectivity index (χ0n) is 13.5. The maximum Gasteiger partial charge on any atom is 0.573 e. The number of fused-ring (bicyclic) bond motifs is 1. The van der Waals surface area contributed by atoms with E-state index in [4.69, 9.17) is 0 Å². The first-order chi connectivity index (χ1) is 12.2. The number of alkyl halides is 3. The third-order valence-corrected chi connectivity index (χ3v) is 4.68. The number of carbonyl (C=O) groups is 1. The van der Waals surface area contributed by atoms with Crippen molar-refractivity contribution in [1.29, 1.82) is 0 Å². The number of amides is 1. The minimum absolute atomic E-state index is 0.168. The highest BCUT2D eigenvalue weighted by molar-refractivity contribution is 7.17. The van der Waals surface area contributed by atoms with Crippen LogP contribution in [0.15, 0.2) is 35.3 Å². The van der Waals surface area contributed by atoms with E-state index in [0.29, 0.717) is 10.7 Å². The second kappa shape index (κ2) is 6.45. The van der Waals surface area contributed by atoms with E-state index in [-0.39, 0.29) is 11.3 Å². The number of hydrogen-bond donors (Lipinski definition) is 1. The molecule has 0 aliphatic heterocycles. The number of halogens is 3. The highest BCUT2D eigenvalue weighted by Crippen LogP contribution is 2.24. The van der Waals surface area contributed by atoms with Gasteiger partial charge < -0.3 is 10.1 Å². The number of ether oxygens (including phenoxy) is 1. The van der Waals surface area contributed by atoms with Crippen molar-refractivity contribution in [2.24, 2.45) is 0 Å². The summed E-state index contributed by atoms with van der Waals surface area (Å²) in [7, 11) is 0. The highest BCUT2D eigenvalue weighted by Gasteiger charge is 2.31. The van der Waals surface area contributed by atoms with Gasteiger partial charge in [-0.3, -0.25) is 14.0 Å². The van der Waals surface area contributed by atoms with Crippen LogP contribution in [0.4, 0.5) is 18.9 Å². The Balaban J connectivity index is 1.84. The molecule has 0 bridgehead atoms. The molecule has 0 unspecified atom stereocenters. The molecule has 1 amide bonds. The number of nitrogens with zero attached hydrogens (tertiary/aromatic N) is 2. The van der Waals surface area contributed by atoms with Gasteiger partial charge in [0.1, 0.15) is 11.3 Å². The van der Waals surface area contributed by atoms with E-state index < -0.39 is 23.6 Å². The molecule has 2 heterocycles. The number of hydrogen-bond acceptors (Lipinski definition) is 5. The molecule has 3 aromatic rings. The average Bonchev–Trinajstić information content (AvgIpc) is 2.83. The predicted octanol–water partition coefficient (Wildman–Crippen LogP) is 3.52. The Bertz CT molecular complexity index is 1040. The van der Waals surface area contributed by atoms with Crippen molar-refractivity contribution in [2.45, 2.75) is 20.2 Å². The molecule has 0 atom stereocenters. The lowest BCUT2D eigenvalue weighted by Crippen LogP contribution is -2.26. The first-order valence-electron chi connectivity index (χ1n) is 7.30. The minimum atomic E-state index is -4.79. The summed E-state index contributed by atoms with van der Waals surface area (Å²) in [5.74, 6) is -1.12. The second-order valence-electron chi connectivity index (χ2n) is 5.36. The molecule has 0 aliphatic carbocycles. The summed E-state index contributed by atoms with van der Waals surface area (Å²) in [4.78, 5) is 30.4. The van der Waals surface area contributed by atoms with Gasteiger partial charge in [0.25, 0.3) is 11.5 Å². The van der Waals surface area contributed by atoms with E-state index in [9.17, 15) is 22.8 Å². The Morgan fingerprint density at radius 2 is 1.88 bits per heavy atom. The zero-order chi connectivity index (χ0) is 19.1. The van der Waals surface area contributed by atoms with Gasteiger partial charge in [-0.05, 0) is 38.1 Å². The van der Waals surface area contributed by atoms with Gasteiger partial charge in [0.2, 0.25) is 0 Å². The predicted molar refractivity (Wildman–Crippen MR) is 89.9 cm³/mol. The largest absolute Gasteiger partial charge is 0.573 e. The molecule has 0 spiro atoms. The maximum absolute atomic E-state index is 12.5. The van der Waals surface area contributed by atoms with E-state index >= 15 is 0 Å². The number of carbonyl (C=O) groups excluding carboxylic acids is 1. The summed E-state index contributed by atoms with van der Waals surface area (Å²) < 4.78 is 41.5. The van der Waals surface area contributed by atoms with Gasteiger partial charge in [0, 0.05) is 22.5 Å². The molecule has 3 rings (SSSR count). The quantitative estimate of drug-likeness (QED) is 0.751. The van der Waals surface area contributed by atoms with Gasteiger partial charge in [0.05, 0.1) is 0 Å². The van der Waals surface area contributed by atoms with E-state index in [2.05, 4.69) is 15.0 Å². The molecule has 0 fully saturated rings. The van der Waals surface area contributed by atoms with Gasteiger partial charge in [-0.2, -0.15) is 0 Å². The van der Waals surface area contributed by atoms with E-state index in [1.54, 1.807) is 6.92 Å². The fourth-order valence-corrected chi connectivity index (χ4v) is 3.20. The smallest absolute Gasteiger partial charge is 0.406 e. The summed E-state index contributed by atoms with van der Waals surface area (Å²) in [6.45, 7) is 3.60. The lowest BCUT2D eigenvalue weighted by molar-refractivity contribution is -0.274. The van der Waals surface area contributed by atoms with Gasteiger partial charge in [0.15, 0.2) is 4.96 Å². The Morgan fingerprint density at radius 1 is 1.23 bits per heavy atom. The van der Waals surface area contributed by atoms with Crippen molar-refractivity contribution in [2.75, 3.05) is 5.32 Å². The lowest BCUT2D eigenvalue weighted by atomic mass is 10.2. The molecular weight excluding hydrogens is 371 g/mol. The first kappa shape index (κ1) is 17.9. The summed E-state index contributed by atoms with van der Waals surface area (Å²) in [5, 5.41) is 2.45. The molecule has 0 aliphatic rings. The van der Waals surface area contributed by atoms with Gasteiger partial charge in [-0.1, -0.05) is 0 Å². The highest BCUT2D eigenvalue weighted by atomic mass is 32.1. The summed E-state index contributed by atoms with van der Waals surface area (Å²) in [6, 6.07) is 4.60. The summed E-state index contributed by atoms with van der Waals surface area (Å²) in [5.41, 5.74) is 0.239. The van der Waals surface area contributed by atoms with Crippen LogP contribution >= 0.6 is 11.3 Å². The molecule has 1 N–H and O–H groups in total. The number of aryl methyl sites for hydroxylation is 2.